The predicted octanol–water partition coefficient (Wildman–Crippen LogP) is 1.06. The van der Waals surface area contributed by atoms with Gasteiger partial charge in [-0.15, -0.1) is 0 Å². The summed E-state index contributed by atoms with van der Waals surface area (Å²) in [7, 11) is -3.99. The second kappa shape index (κ2) is 5.70. The van der Waals surface area contributed by atoms with Gasteiger partial charge in [0.15, 0.2) is 0 Å². The highest BCUT2D eigenvalue weighted by atomic mass is 32.2. The molecule has 8 heteroatoms. The van der Waals surface area contributed by atoms with E-state index in [0.717, 1.165) is 6.07 Å². The molecule has 0 saturated carbocycles. The number of nitrogens with one attached hydrogen (secondary N) is 1. The molecule has 0 amide bonds. The van der Waals surface area contributed by atoms with Crippen LogP contribution in [0.25, 0.3) is 0 Å². The molecule has 108 valence electrons. The fraction of sp³-hybridized carbons (Fsp3) is 0.250. The highest BCUT2D eigenvalue weighted by Gasteiger charge is 2.20. The van der Waals surface area contributed by atoms with Gasteiger partial charge in [-0.3, -0.25) is 0 Å². The summed E-state index contributed by atoms with van der Waals surface area (Å²) in [5.74, 6) is -0.0599. The third-order valence-corrected chi connectivity index (χ3v) is 4.02. The Morgan fingerprint density at radius 2 is 2.20 bits per heavy atom. The van der Waals surface area contributed by atoms with E-state index in [4.69, 9.17) is 10.2 Å². The zero-order valence-corrected chi connectivity index (χ0v) is 11.6. The van der Waals surface area contributed by atoms with Crippen LogP contribution in [0.3, 0.4) is 0 Å². The van der Waals surface area contributed by atoms with Crippen molar-refractivity contribution in [2.75, 3.05) is 0 Å². The summed E-state index contributed by atoms with van der Waals surface area (Å²) in [6.07, 6.45) is 1.47. The molecule has 0 aliphatic rings. The van der Waals surface area contributed by atoms with Crippen LogP contribution in [0.1, 0.15) is 17.2 Å². The van der Waals surface area contributed by atoms with Crippen molar-refractivity contribution < 1.29 is 17.2 Å². The van der Waals surface area contributed by atoms with Crippen molar-refractivity contribution in [3.63, 3.8) is 0 Å². The summed E-state index contributed by atoms with van der Waals surface area (Å²) in [5, 5.41) is 0. The van der Waals surface area contributed by atoms with Gasteiger partial charge in [-0.25, -0.2) is 22.5 Å². The third kappa shape index (κ3) is 3.21. The van der Waals surface area contributed by atoms with E-state index < -0.39 is 20.7 Å². The van der Waals surface area contributed by atoms with Crippen LogP contribution < -0.4 is 10.5 Å². The van der Waals surface area contributed by atoms with Gasteiger partial charge < -0.3 is 10.2 Å². The average Bonchev–Trinajstić information content (AvgIpc) is 2.83. The Kier molecular flexibility index (Phi) is 4.17. The number of aryl methyl sites for hydroxylation is 1. The fourth-order valence-corrected chi connectivity index (χ4v) is 2.70. The van der Waals surface area contributed by atoms with E-state index in [2.05, 4.69) is 9.71 Å². The van der Waals surface area contributed by atoms with Crippen LogP contribution in [0.15, 0.2) is 33.7 Å². The molecule has 0 bridgehead atoms. The normalized spacial score (nSPS) is 11.8. The van der Waals surface area contributed by atoms with Gasteiger partial charge in [0.2, 0.25) is 15.9 Å². The van der Waals surface area contributed by atoms with Crippen molar-refractivity contribution in [3.8, 4) is 0 Å². The second-order valence-corrected chi connectivity index (χ2v) is 5.89. The summed E-state index contributed by atoms with van der Waals surface area (Å²) >= 11 is 0. The van der Waals surface area contributed by atoms with Crippen LogP contribution >= 0.6 is 0 Å². The Morgan fingerprint density at radius 1 is 1.45 bits per heavy atom. The average molecular weight is 299 g/mol. The van der Waals surface area contributed by atoms with E-state index in [-0.39, 0.29) is 19.0 Å². The van der Waals surface area contributed by atoms with Gasteiger partial charge in [0.1, 0.15) is 16.5 Å². The number of rotatable bonds is 5. The molecule has 0 aliphatic carbocycles. The first-order valence-corrected chi connectivity index (χ1v) is 7.30. The molecule has 0 fully saturated rings. The molecular formula is C12H14FN3O3S. The number of hydrogen-bond donors (Lipinski definition) is 2. The summed E-state index contributed by atoms with van der Waals surface area (Å²) in [4.78, 5) is 3.42. The smallest absolute Gasteiger partial charge is 0.243 e. The molecule has 6 nitrogen and oxygen atoms in total. The molecule has 20 heavy (non-hydrogen) atoms. The minimum absolute atomic E-state index is 0.127. The molecule has 0 unspecified atom stereocenters. The van der Waals surface area contributed by atoms with Gasteiger partial charge in [-0.05, 0) is 24.6 Å². The van der Waals surface area contributed by atoms with Crippen LogP contribution in [-0.4, -0.2) is 13.4 Å². The lowest BCUT2D eigenvalue weighted by Gasteiger charge is -2.07. The third-order valence-electron chi connectivity index (χ3n) is 2.60. The van der Waals surface area contributed by atoms with Crippen LogP contribution in [0, 0.1) is 12.7 Å². The lowest BCUT2D eigenvalue weighted by atomic mass is 10.2. The minimum atomic E-state index is -3.99. The molecule has 1 heterocycles. The van der Waals surface area contributed by atoms with E-state index in [9.17, 15) is 12.8 Å². The van der Waals surface area contributed by atoms with E-state index in [1.54, 1.807) is 6.92 Å². The number of sulfonamides is 1. The standard InChI is InChI=1S/C12H14FN3O3S/c1-8-6-15-12(19-8)7-16-20(17,18)11-4-9(5-14)2-3-10(11)13/h2-4,6,16H,5,7,14H2,1H3. The largest absolute Gasteiger partial charge is 0.445 e. The minimum Gasteiger partial charge on any atom is -0.445 e. The number of oxazole rings is 1. The number of hydrogen-bond acceptors (Lipinski definition) is 5. The highest BCUT2D eigenvalue weighted by molar-refractivity contribution is 7.89. The number of nitrogens with zero attached hydrogens (tertiary/aromatic N) is 1. The predicted molar refractivity (Wildman–Crippen MR) is 69.6 cm³/mol. The van der Waals surface area contributed by atoms with Crippen molar-refractivity contribution in [2.45, 2.75) is 24.9 Å². The van der Waals surface area contributed by atoms with E-state index >= 15 is 0 Å². The van der Waals surface area contributed by atoms with Crippen LogP contribution in [0.5, 0.6) is 0 Å². The molecule has 0 saturated heterocycles. The van der Waals surface area contributed by atoms with Gasteiger partial charge >= 0.3 is 0 Å². The van der Waals surface area contributed by atoms with Gasteiger partial charge in [-0.2, -0.15) is 0 Å². The summed E-state index contributed by atoms with van der Waals surface area (Å²) < 4.78 is 45.1. The molecule has 2 aromatic rings. The summed E-state index contributed by atoms with van der Waals surface area (Å²) in [6.45, 7) is 1.67. The Balaban J connectivity index is 2.21. The van der Waals surface area contributed by atoms with Crippen LogP contribution in [-0.2, 0) is 23.1 Å². The molecular weight excluding hydrogens is 285 g/mol. The maximum Gasteiger partial charge on any atom is 0.243 e. The quantitative estimate of drug-likeness (QED) is 0.860. The van der Waals surface area contributed by atoms with Crippen molar-refractivity contribution in [1.82, 2.24) is 9.71 Å². The van der Waals surface area contributed by atoms with Crippen LogP contribution in [0.4, 0.5) is 4.39 Å². The van der Waals surface area contributed by atoms with E-state index in [1.807, 2.05) is 0 Å². The van der Waals surface area contributed by atoms with Gasteiger partial charge in [-0.1, -0.05) is 6.07 Å². The van der Waals surface area contributed by atoms with E-state index in [0.29, 0.717) is 11.3 Å². The van der Waals surface area contributed by atoms with Crippen molar-refractivity contribution in [2.24, 2.45) is 5.73 Å². The Labute approximate surface area is 115 Å². The number of aromatic nitrogens is 1. The summed E-state index contributed by atoms with van der Waals surface area (Å²) in [6, 6.07) is 3.72. The first kappa shape index (κ1) is 14.6. The maximum atomic E-state index is 13.6. The van der Waals surface area contributed by atoms with Crippen molar-refractivity contribution in [3.05, 3.63) is 47.4 Å². The van der Waals surface area contributed by atoms with Gasteiger partial charge in [0.25, 0.3) is 0 Å². The van der Waals surface area contributed by atoms with Gasteiger partial charge in [0.05, 0.1) is 12.7 Å². The molecule has 3 N–H and O–H groups in total. The lowest BCUT2D eigenvalue weighted by Crippen LogP contribution is -2.24. The monoisotopic (exact) mass is 299 g/mol. The lowest BCUT2D eigenvalue weighted by molar-refractivity contribution is 0.462. The molecule has 2 rings (SSSR count). The molecule has 0 aliphatic heterocycles. The molecule has 0 atom stereocenters. The topological polar surface area (TPSA) is 98.2 Å². The molecule has 0 radical (unpaired) electrons. The molecule has 1 aromatic heterocycles. The first-order chi connectivity index (χ1) is 9.42. The summed E-state index contributed by atoms with van der Waals surface area (Å²) in [5.41, 5.74) is 5.94. The van der Waals surface area contributed by atoms with Crippen molar-refractivity contribution >= 4 is 10.0 Å². The van der Waals surface area contributed by atoms with Crippen LogP contribution in [0.2, 0.25) is 0 Å². The number of nitrogens with two attached hydrogens (primary N) is 1. The number of halogens is 1. The Morgan fingerprint density at radius 3 is 2.80 bits per heavy atom. The van der Waals surface area contributed by atoms with Crippen molar-refractivity contribution in [1.29, 1.82) is 0 Å². The Hall–Kier alpha value is -1.77. The van der Waals surface area contributed by atoms with E-state index in [1.165, 1.54) is 18.3 Å². The molecule has 0 spiro atoms. The maximum absolute atomic E-state index is 13.6. The zero-order valence-electron chi connectivity index (χ0n) is 10.8. The van der Waals surface area contributed by atoms with Gasteiger partial charge in [0, 0.05) is 6.54 Å². The zero-order chi connectivity index (χ0) is 14.8. The fourth-order valence-electron chi connectivity index (χ4n) is 1.60. The highest BCUT2D eigenvalue weighted by Crippen LogP contribution is 2.16. The number of benzene rings is 1. The first-order valence-electron chi connectivity index (χ1n) is 5.82. The second-order valence-electron chi connectivity index (χ2n) is 4.16. The Bertz CT molecular complexity index is 712. The SMILES string of the molecule is Cc1cnc(CNS(=O)(=O)c2cc(CN)ccc2F)o1. The molecule has 1 aromatic carbocycles.